The van der Waals surface area contributed by atoms with Gasteiger partial charge in [-0.05, 0) is 20.3 Å². The second kappa shape index (κ2) is 7.10. The van der Waals surface area contributed by atoms with Gasteiger partial charge in [-0.1, -0.05) is 6.92 Å². The smallest absolute Gasteiger partial charge is 0.0941 e. The van der Waals surface area contributed by atoms with Crippen molar-refractivity contribution in [2.24, 2.45) is 10.7 Å². The molecule has 1 unspecified atom stereocenters. The largest absolute Gasteiger partial charge is 0.387 e. The van der Waals surface area contributed by atoms with Crippen LogP contribution in [0.3, 0.4) is 0 Å². The SMILES string of the molecule is CCCC(N)=NC(C)COCC. The monoisotopic (exact) mass is 172 g/mol. The van der Waals surface area contributed by atoms with Crippen molar-refractivity contribution in [3.8, 4) is 0 Å². The molecule has 0 saturated carbocycles. The first-order valence-electron chi connectivity index (χ1n) is 4.60. The maximum Gasteiger partial charge on any atom is 0.0941 e. The lowest BCUT2D eigenvalue weighted by Gasteiger charge is -2.07. The Labute approximate surface area is 75.0 Å². The molecule has 0 saturated heterocycles. The van der Waals surface area contributed by atoms with Crippen LogP contribution in [0.1, 0.15) is 33.6 Å². The van der Waals surface area contributed by atoms with Gasteiger partial charge in [-0.15, -0.1) is 0 Å². The second-order valence-corrected chi connectivity index (χ2v) is 2.88. The summed E-state index contributed by atoms with van der Waals surface area (Å²) in [6.45, 7) is 7.49. The van der Waals surface area contributed by atoms with Gasteiger partial charge < -0.3 is 10.5 Å². The van der Waals surface area contributed by atoms with Crippen molar-refractivity contribution in [1.82, 2.24) is 0 Å². The molecule has 0 radical (unpaired) electrons. The highest BCUT2D eigenvalue weighted by atomic mass is 16.5. The molecule has 3 nitrogen and oxygen atoms in total. The first kappa shape index (κ1) is 11.4. The van der Waals surface area contributed by atoms with Crippen LogP contribution in [0.25, 0.3) is 0 Å². The molecule has 0 aromatic heterocycles. The number of amidine groups is 1. The van der Waals surface area contributed by atoms with Gasteiger partial charge in [0.2, 0.25) is 0 Å². The van der Waals surface area contributed by atoms with Crippen molar-refractivity contribution in [2.45, 2.75) is 39.7 Å². The molecule has 0 bridgehead atoms. The van der Waals surface area contributed by atoms with Crippen LogP contribution in [0, 0.1) is 0 Å². The second-order valence-electron chi connectivity index (χ2n) is 2.88. The minimum Gasteiger partial charge on any atom is -0.387 e. The van der Waals surface area contributed by atoms with Gasteiger partial charge in [-0.25, -0.2) is 0 Å². The highest BCUT2D eigenvalue weighted by Gasteiger charge is 1.99. The predicted octanol–water partition coefficient (Wildman–Crippen LogP) is 1.57. The maximum atomic E-state index is 5.65. The Kier molecular flexibility index (Phi) is 6.76. The summed E-state index contributed by atoms with van der Waals surface area (Å²) in [7, 11) is 0. The molecule has 0 aliphatic rings. The Hall–Kier alpha value is -0.570. The molecule has 0 aromatic carbocycles. The number of nitrogens with two attached hydrogens (primary N) is 1. The first-order chi connectivity index (χ1) is 5.70. The van der Waals surface area contributed by atoms with Gasteiger partial charge in [0.05, 0.1) is 18.5 Å². The fraction of sp³-hybridized carbons (Fsp3) is 0.889. The molecule has 0 aliphatic heterocycles. The zero-order valence-electron chi connectivity index (χ0n) is 8.34. The quantitative estimate of drug-likeness (QED) is 0.488. The molecule has 0 fully saturated rings. The van der Waals surface area contributed by atoms with Crippen LogP contribution in [-0.2, 0) is 4.74 Å². The molecular weight excluding hydrogens is 152 g/mol. The van der Waals surface area contributed by atoms with E-state index >= 15 is 0 Å². The summed E-state index contributed by atoms with van der Waals surface area (Å²) in [6, 6.07) is 0.191. The molecule has 0 spiro atoms. The topological polar surface area (TPSA) is 47.6 Å². The molecule has 12 heavy (non-hydrogen) atoms. The van der Waals surface area contributed by atoms with Crippen LogP contribution in [0.2, 0.25) is 0 Å². The Morgan fingerprint density at radius 1 is 1.50 bits per heavy atom. The maximum absolute atomic E-state index is 5.65. The average Bonchev–Trinajstić information content (AvgIpc) is 2.01. The van der Waals surface area contributed by atoms with Crippen molar-refractivity contribution in [1.29, 1.82) is 0 Å². The lowest BCUT2D eigenvalue weighted by Crippen LogP contribution is -2.18. The minimum absolute atomic E-state index is 0.191. The number of hydrogen-bond acceptors (Lipinski definition) is 2. The van der Waals surface area contributed by atoms with Gasteiger partial charge in [-0.3, -0.25) is 4.99 Å². The molecule has 72 valence electrons. The van der Waals surface area contributed by atoms with E-state index in [-0.39, 0.29) is 6.04 Å². The summed E-state index contributed by atoms with van der Waals surface area (Å²) in [5, 5.41) is 0. The van der Waals surface area contributed by atoms with E-state index in [9.17, 15) is 0 Å². The van der Waals surface area contributed by atoms with E-state index in [1.165, 1.54) is 0 Å². The van der Waals surface area contributed by atoms with E-state index in [1.54, 1.807) is 0 Å². The lowest BCUT2D eigenvalue weighted by atomic mass is 10.3. The lowest BCUT2D eigenvalue weighted by molar-refractivity contribution is 0.137. The molecule has 0 rings (SSSR count). The van der Waals surface area contributed by atoms with Crippen LogP contribution in [0.5, 0.6) is 0 Å². The van der Waals surface area contributed by atoms with E-state index in [4.69, 9.17) is 10.5 Å². The van der Waals surface area contributed by atoms with Gasteiger partial charge in [0.1, 0.15) is 0 Å². The molecular formula is C9H20N2O. The standard InChI is InChI=1S/C9H20N2O/c1-4-6-9(10)11-8(3)7-12-5-2/h8H,4-7H2,1-3H3,(H2,10,11). The molecule has 2 N–H and O–H groups in total. The minimum atomic E-state index is 0.191. The van der Waals surface area contributed by atoms with Crippen LogP contribution >= 0.6 is 0 Å². The molecule has 1 atom stereocenters. The summed E-state index contributed by atoms with van der Waals surface area (Å²) < 4.78 is 5.21. The van der Waals surface area contributed by atoms with E-state index in [0.717, 1.165) is 25.3 Å². The normalized spacial score (nSPS) is 14.8. The number of hydrogen-bond donors (Lipinski definition) is 1. The number of aliphatic imine (C=N–C) groups is 1. The third-order valence-corrected chi connectivity index (χ3v) is 1.46. The highest BCUT2D eigenvalue weighted by molar-refractivity contribution is 5.80. The molecule has 3 heteroatoms. The predicted molar refractivity (Wildman–Crippen MR) is 52.5 cm³/mol. The van der Waals surface area contributed by atoms with Gasteiger partial charge in [0, 0.05) is 13.0 Å². The Morgan fingerprint density at radius 2 is 2.17 bits per heavy atom. The van der Waals surface area contributed by atoms with Gasteiger partial charge in [-0.2, -0.15) is 0 Å². The zero-order valence-corrected chi connectivity index (χ0v) is 8.34. The summed E-state index contributed by atoms with van der Waals surface area (Å²) in [5.41, 5.74) is 5.65. The summed E-state index contributed by atoms with van der Waals surface area (Å²) in [5.74, 6) is 0.740. The number of nitrogens with zero attached hydrogens (tertiary/aromatic N) is 1. The fourth-order valence-electron chi connectivity index (χ4n) is 0.929. The Bertz CT molecular complexity index is 134. The van der Waals surface area contributed by atoms with Crippen molar-refractivity contribution >= 4 is 5.84 Å². The molecule has 0 amide bonds. The average molecular weight is 172 g/mol. The summed E-state index contributed by atoms with van der Waals surface area (Å²) in [6.07, 6.45) is 1.94. The summed E-state index contributed by atoms with van der Waals surface area (Å²) in [4.78, 5) is 4.27. The van der Waals surface area contributed by atoms with Crippen LogP contribution < -0.4 is 5.73 Å². The van der Waals surface area contributed by atoms with E-state index < -0.39 is 0 Å². The summed E-state index contributed by atoms with van der Waals surface area (Å²) >= 11 is 0. The number of rotatable bonds is 6. The van der Waals surface area contributed by atoms with Crippen molar-refractivity contribution in [3.05, 3.63) is 0 Å². The van der Waals surface area contributed by atoms with Crippen molar-refractivity contribution < 1.29 is 4.74 Å². The van der Waals surface area contributed by atoms with Crippen molar-refractivity contribution in [3.63, 3.8) is 0 Å². The highest BCUT2D eigenvalue weighted by Crippen LogP contribution is 1.94. The Morgan fingerprint density at radius 3 is 2.67 bits per heavy atom. The Balaban J connectivity index is 3.63. The zero-order chi connectivity index (χ0) is 9.40. The van der Waals surface area contributed by atoms with Crippen LogP contribution in [0.4, 0.5) is 0 Å². The molecule has 0 heterocycles. The van der Waals surface area contributed by atoms with E-state index in [1.807, 2.05) is 13.8 Å². The third kappa shape index (κ3) is 6.16. The third-order valence-electron chi connectivity index (χ3n) is 1.46. The van der Waals surface area contributed by atoms with E-state index in [0.29, 0.717) is 6.61 Å². The molecule has 0 aromatic rings. The first-order valence-corrected chi connectivity index (χ1v) is 4.60. The van der Waals surface area contributed by atoms with Crippen LogP contribution in [-0.4, -0.2) is 25.1 Å². The van der Waals surface area contributed by atoms with Gasteiger partial charge in [0.15, 0.2) is 0 Å². The van der Waals surface area contributed by atoms with Crippen LogP contribution in [0.15, 0.2) is 4.99 Å². The van der Waals surface area contributed by atoms with Crippen molar-refractivity contribution in [2.75, 3.05) is 13.2 Å². The number of ether oxygens (including phenoxy) is 1. The molecule has 0 aliphatic carbocycles. The fourth-order valence-corrected chi connectivity index (χ4v) is 0.929. The van der Waals surface area contributed by atoms with Gasteiger partial charge in [0.25, 0.3) is 0 Å². The van der Waals surface area contributed by atoms with Gasteiger partial charge >= 0.3 is 0 Å². The van der Waals surface area contributed by atoms with E-state index in [2.05, 4.69) is 11.9 Å².